The van der Waals surface area contributed by atoms with E-state index in [2.05, 4.69) is 15.5 Å². The van der Waals surface area contributed by atoms with Crippen LogP contribution in [0, 0.1) is 6.92 Å². The maximum atomic E-state index is 12.4. The molecule has 6 heteroatoms. The summed E-state index contributed by atoms with van der Waals surface area (Å²) in [6.07, 6.45) is 1.12. The molecule has 1 aliphatic heterocycles. The van der Waals surface area contributed by atoms with Gasteiger partial charge in [0, 0.05) is 26.6 Å². The summed E-state index contributed by atoms with van der Waals surface area (Å²) < 4.78 is 5.67. The highest BCUT2D eigenvalue weighted by molar-refractivity contribution is 5.76. The zero-order valence-electron chi connectivity index (χ0n) is 14.1. The van der Waals surface area contributed by atoms with Crippen molar-refractivity contribution in [3.05, 3.63) is 47.2 Å². The lowest BCUT2D eigenvalue weighted by Gasteiger charge is -2.28. The lowest BCUT2D eigenvalue weighted by atomic mass is 10.1. The van der Waals surface area contributed by atoms with Crippen LogP contribution in [-0.4, -0.2) is 41.2 Å². The number of carbonyl (C=O) groups is 1. The largest absolute Gasteiger partial charge is 0.493 e. The topological polar surface area (TPSA) is 67.4 Å². The Labute approximate surface area is 141 Å². The first-order valence-electron chi connectivity index (χ1n) is 8.16. The van der Waals surface area contributed by atoms with E-state index in [1.807, 2.05) is 49.2 Å². The molecule has 0 aliphatic carbocycles. The standard InChI is InChI=1S/C18H22N4O2/c1-13-4-3-5-15(10-13)24-9-7-18(23)22-8-6-16-14(12-22)11-17(19-2)21-20-16/h3-5,10-11H,6-9,12H2,1-2H3,(H,19,21). The Hall–Kier alpha value is -2.63. The Morgan fingerprint density at radius 3 is 3.00 bits per heavy atom. The van der Waals surface area contributed by atoms with Crippen molar-refractivity contribution in [2.45, 2.75) is 26.3 Å². The molecule has 1 amide bonds. The first-order chi connectivity index (χ1) is 11.7. The Bertz CT molecular complexity index is 733. The third kappa shape index (κ3) is 3.82. The highest BCUT2D eigenvalue weighted by Gasteiger charge is 2.22. The van der Waals surface area contributed by atoms with Gasteiger partial charge in [-0.05, 0) is 36.2 Å². The molecule has 1 aromatic heterocycles. The summed E-state index contributed by atoms with van der Waals surface area (Å²) in [5, 5.41) is 11.3. The highest BCUT2D eigenvalue weighted by atomic mass is 16.5. The number of fused-ring (bicyclic) bond motifs is 1. The number of aromatic nitrogens is 2. The summed E-state index contributed by atoms with van der Waals surface area (Å²) in [6, 6.07) is 9.82. The number of aryl methyl sites for hydroxylation is 1. The Morgan fingerprint density at radius 1 is 1.33 bits per heavy atom. The predicted octanol–water partition coefficient (Wildman–Crippen LogP) is 2.18. The molecule has 2 heterocycles. The molecule has 1 aromatic carbocycles. The van der Waals surface area contributed by atoms with Crippen LogP contribution in [0.1, 0.15) is 23.2 Å². The second kappa shape index (κ2) is 7.29. The lowest BCUT2D eigenvalue weighted by Crippen LogP contribution is -2.37. The van der Waals surface area contributed by atoms with Crippen LogP contribution >= 0.6 is 0 Å². The van der Waals surface area contributed by atoms with Crippen LogP contribution in [0.25, 0.3) is 0 Å². The van der Waals surface area contributed by atoms with Gasteiger partial charge in [0.15, 0.2) is 0 Å². The van der Waals surface area contributed by atoms with Crippen LogP contribution < -0.4 is 10.1 Å². The van der Waals surface area contributed by atoms with Crippen molar-refractivity contribution in [2.75, 3.05) is 25.5 Å². The number of rotatable bonds is 5. The Morgan fingerprint density at radius 2 is 2.21 bits per heavy atom. The molecule has 24 heavy (non-hydrogen) atoms. The predicted molar refractivity (Wildman–Crippen MR) is 92.0 cm³/mol. The minimum atomic E-state index is 0.108. The molecule has 0 saturated carbocycles. The molecule has 126 valence electrons. The van der Waals surface area contributed by atoms with Gasteiger partial charge in [-0.1, -0.05) is 12.1 Å². The van der Waals surface area contributed by atoms with Crippen LogP contribution in [0.5, 0.6) is 5.75 Å². The van der Waals surface area contributed by atoms with E-state index in [0.717, 1.165) is 34.8 Å². The molecule has 1 aliphatic rings. The van der Waals surface area contributed by atoms with Gasteiger partial charge in [0.2, 0.25) is 5.91 Å². The molecule has 0 unspecified atom stereocenters. The zero-order chi connectivity index (χ0) is 16.9. The minimum absolute atomic E-state index is 0.108. The van der Waals surface area contributed by atoms with E-state index in [-0.39, 0.29) is 5.91 Å². The summed E-state index contributed by atoms with van der Waals surface area (Å²) in [7, 11) is 1.81. The summed E-state index contributed by atoms with van der Waals surface area (Å²) in [6.45, 7) is 3.68. The van der Waals surface area contributed by atoms with E-state index in [4.69, 9.17) is 4.74 Å². The molecule has 0 atom stereocenters. The van der Waals surface area contributed by atoms with Crippen molar-refractivity contribution >= 4 is 11.7 Å². The summed E-state index contributed by atoms with van der Waals surface area (Å²) in [4.78, 5) is 14.3. The van der Waals surface area contributed by atoms with Gasteiger partial charge in [-0.15, -0.1) is 5.10 Å². The SMILES string of the molecule is CNc1cc2c(nn1)CCN(C(=O)CCOc1cccc(C)c1)C2. The Kier molecular flexibility index (Phi) is 4.93. The summed E-state index contributed by atoms with van der Waals surface area (Å²) in [5.74, 6) is 1.64. The summed E-state index contributed by atoms with van der Waals surface area (Å²) >= 11 is 0. The van der Waals surface area contributed by atoms with E-state index >= 15 is 0 Å². The molecular weight excluding hydrogens is 304 g/mol. The van der Waals surface area contributed by atoms with Crippen molar-refractivity contribution in [1.29, 1.82) is 0 Å². The number of carbonyl (C=O) groups excluding carboxylic acids is 1. The molecule has 0 fully saturated rings. The van der Waals surface area contributed by atoms with Gasteiger partial charge in [-0.2, -0.15) is 5.10 Å². The van der Waals surface area contributed by atoms with E-state index in [1.54, 1.807) is 0 Å². The Balaban J connectivity index is 1.54. The van der Waals surface area contributed by atoms with Crippen LogP contribution in [0.2, 0.25) is 0 Å². The number of nitrogens with zero attached hydrogens (tertiary/aromatic N) is 3. The van der Waals surface area contributed by atoms with Gasteiger partial charge >= 0.3 is 0 Å². The van der Waals surface area contributed by atoms with E-state index in [0.29, 0.717) is 26.1 Å². The zero-order valence-corrected chi connectivity index (χ0v) is 14.1. The van der Waals surface area contributed by atoms with Crippen molar-refractivity contribution in [3.63, 3.8) is 0 Å². The molecule has 0 spiro atoms. The van der Waals surface area contributed by atoms with Crippen molar-refractivity contribution in [1.82, 2.24) is 15.1 Å². The van der Waals surface area contributed by atoms with Gasteiger partial charge in [-0.3, -0.25) is 4.79 Å². The van der Waals surface area contributed by atoms with Crippen LogP contribution in [0.3, 0.4) is 0 Å². The van der Waals surface area contributed by atoms with Gasteiger partial charge in [0.05, 0.1) is 18.7 Å². The quantitative estimate of drug-likeness (QED) is 0.912. The molecule has 2 aromatic rings. The van der Waals surface area contributed by atoms with E-state index < -0.39 is 0 Å². The second-order valence-corrected chi connectivity index (χ2v) is 5.93. The number of hydrogen-bond donors (Lipinski definition) is 1. The van der Waals surface area contributed by atoms with Gasteiger partial charge in [0.25, 0.3) is 0 Å². The molecule has 0 saturated heterocycles. The monoisotopic (exact) mass is 326 g/mol. The number of amides is 1. The fourth-order valence-electron chi connectivity index (χ4n) is 2.78. The maximum Gasteiger partial charge on any atom is 0.226 e. The minimum Gasteiger partial charge on any atom is -0.493 e. The highest BCUT2D eigenvalue weighted by Crippen LogP contribution is 2.19. The third-order valence-electron chi connectivity index (χ3n) is 4.12. The normalized spacial score (nSPS) is 13.3. The average Bonchev–Trinajstić information content (AvgIpc) is 2.60. The smallest absolute Gasteiger partial charge is 0.226 e. The lowest BCUT2D eigenvalue weighted by molar-refractivity contribution is -0.132. The van der Waals surface area contributed by atoms with Crippen molar-refractivity contribution in [3.8, 4) is 5.75 Å². The first-order valence-corrected chi connectivity index (χ1v) is 8.16. The van der Waals surface area contributed by atoms with E-state index in [9.17, 15) is 4.79 Å². The number of nitrogens with one attached hydrogen (secondary N) is 1. The average molecular weight is 326 g/mol. The molecular formula is C18H22N4O2. The second-order valence-electron chi connectivity index (χ2n) is 5.93. The number of ether oxygens (including phenoxy) is 1. The van der Waals surface area contributed by atoms with E-state index in [1.165, 1.54) is 0 Å². The van der Waals surface area contributed by atoms with Crippen LogP contribution in [0.4, 0.5) is 5.82 Å². The summed E-state index contributed by atoms with van der Waals surface area (Å²) in [5.41, 5.74) is 3.19. The number of anilines is 1. The van der Waals surface area contributed by atoms with Gasteiger partial charge in [-0.25, -0.2) is 0 Å². The fraction of sp³-hybridized carbons (Fsp3) is 0.389. The van der Waals surface area contributed by atoms with Crippen LogP contribution in [0.15, 0.2) is 30.3 Å². The van der Waals surface area contributed by atoms with Crippen LogP contribution in [-0.2, 0) is 17.8 Å². The fourth-order valence-corrected chi connectivity index (χ4v) is 2.78. The molecule has 3 rings (SSSR count). The molecule has 1 N–H and O–H groups in total. The molecule has 0 bridgehead atoms. The first kappa shape index (κ1) is 16.2. The van der Waals surface area contributed by atoms with Crippen molar-refractivity contribution < 1.29 is 9.53 Å². The molecule has 6 nitrogen and oxygen atoms in total. The maximum absolute atomic E-state index is 12.4. The van der Waals surface area contributed by atoms with Crippen molar-refractivity contribution in [2.24, 2.45) is 0 Å². The van der Waals surface area contributed by atoms with Gasteiger partial charge in [0.1, 0.15) is 11.6 Å². The molecule has 0 radical (unpaired) electrons. The van der Waals surface area contributed by atoms with Gasteiger partial charge < -0.3 is 15.0 Å². The third-order valence-corrected chi connectivity index (χ3v) is 4.12. The number of benzene rings is 1. The number of hydrogen-bond acceptors (Lipinski definition) is 5.